The molecule has 2 rings (SSSR count). The van der Waals surface area contributed by atoms with Crippen molar-refractivity contribution in [2.24, 2.45) is 5.73 Å². The number of ether oxygens (including phenoxy) is 3. The molecule has 0 spiro atoms. The van der Waals surface area contributed by atoms with Gasteiger partial charge < -0.3 is 50.6 Å². The van der Waals surface area contributed by atoms with Gasteiger partial charge in [-0.05, 0) is 0 Å². The van der Waals surface area contributed by atoms with Crippen LogP contribution in [0.25, 0.3) is 0 Å². The van der Waals surface area contributed by atoms with E-state index in [9.17, 15) is 38.7 Å². The van der Waals surface area contributed by atoms with Gasteiger partial charge in [-0.15, -0.1) is 0 Å². The van der Waals surface area contributed by atoms with Gasteiger partial charge in [0.15, 0.2) is 18.7 Å². The summed E-state index contributed by atoms with van der Waals surface area (Å²) in [5.41, 5.74) is 5.65. The Morgan fingerprint density at radius 2 is 1.61 bits per heavy atom. The van der Waals surface area contributed by atoms with Crippen LogP contribution in [-0.2, 0) is 33.6 Å². The maximum atomic E-state index is 11.3. The summed E-state index contributed by atoms with van der Waals surface area (Å²) < 4.78 is 49.0. The lowest BCUT2D eigenvalue weighted by Crippen LogP contribution is -2.66. The Morgan fingerprint density at radius 1 is 1.00 bits per heavy atom. The molecule has 0 aromatic rings. The number of carbonyl (C=O) groups is 1. The van der Waals surface area contributed by atoms with E-state index >= 15 is 0 Å². The van der Waals surface area contributed by atoms with Crippen LogP contribution in [0.2, 0.25) is 0 Å². The Labute approximate surface area is 157 Å². The molecule has 0 aromatic heterocycles. The van der Waals surface area contributed by atoms with Gasteiger partial charge in [-0.1, -0.05) is 0 Å². The minimum absolute atomic E-state index is 0.961. The second-order valence-electron chi connectivity index (χ2n) is 6.18. The van der Waals surface area contributed by atoms with Crippen LogP contribution in [0, 0.1) is 0 Å². The van der Waals surface area contributed by atoms with Gasteiger partial charge in [-0.2, -0.15) is 8.42 Å². The molecule has 2 fully saturated rings. The smallest absolute Gasteiger partial charge is 0.397 e. The Morgan fingerprint density at radius 3 is 2.14 bits per heavy atom. The Balaban J connectivity index is 2.18. The topological polar surface area (TPSA) is 256 Å². The molecule has 2 aliphatic rings. The van der Waals surface area contributed by atoms with Crippen LogP contribution >= 0.6 is 0 Å². The fourth-order valence-corrected chi connectivity index (χ4v) is 3.03. The quantitative estimate of drug-likeness (QED) is 0.181. The van der Waals surface area contributed by atoms with Crippen LogP contribution < -0.4 is 5.73 Å². The Kier molecular flexibility index (Phi) is 7.29. The van der Waals surface area contributed by atoms with Crippen LogP contribution in [0.15, 0.2) is 0 Å². The molecule has 2 aliphatic heterocycles. The molecule has 28 heavy (non-hydrogen) atoms. The Bertz CT molecular complexity index is 659. The summed E-state index contributed by atoms with van der Waals surface area (Å²) in [6.07, 6.45) is -16.6. The largest absolute Gasteiger partial charge is 0.479 e. The highest BCUT2D eigenvalue weighted by Crippen LogP contribution is 2.28. The number of aliphatic hydroxyl groups is 5. The highest BCUT2D eigenvalue weighted by Gasteiger charge is 2.52. The molecule has 2 saturated heterocycles. The van der Waals surface area contributed by atoms with E-state index in [2.05, 4.69) is 8.92 Å². The van der Waals surface area contributed by atoms with Crippen molar-refractivity contribution >= 4 is 16.4 Å². The van der Waals surface area contributed by atoms with E-state index in [0.29, 0.717) is 0 Å². The molecule has 0 aromatic carbocycles. The SMILES string of the molecule is NC1[C@@H](O[C@@H]2C(C(=O)O)O[C@@H](O)C(O)[C@H]2O)OC(COS(=O)(=O)O)[C@@H](O)[C@@H]1O. The molecule has 0 saturated carbocycles. The molecule has 16 heteroatoms. The summed E-state index contributed by atoms with van der Waals surface area (Å²) in [5.74, 6) is -1.67. The number of nitrogens with two attached hydrogens (primary N) is 1. The predicted octanol–water partition coefficient (Wildman–Crippen LogP) is -5.51. The van der Waals surface area contributed by atoms with Crippen LogP contribution in [-0.4, -0.2) is 118 Å². The number of aliphatic hydroxyl groups excluding tert-OH is 5. The molecule has 0 aliphatic carbocycles. The first-order valence-electron chi connectivity index (χ1n) is 7.80. The second-order valence-corrected chi connectivity index (χ2v) is 7.27. The lowest BCUT2D eigenvalue weighted by molar-refractivity contribution is -0.333. The average Bonchev–Trinajstić information content (AvgIpc) is 2.59. The lowest BCUT2D eigenvalue weighted by Gasteiger charge is -2.45. The third-order valence-electron chi connectivity index (χ3n) is 4.23. The number of rotatable bonds is 6. The van der Waals surface area contributed by atoms with Gasteiger partial charge >= 0.3 is 16.4 Å². The van der Waals surface area contributed by atoms with E-state index in [1.54, 1.807) is 0 Å². The maximum Gasteiger partial charge on any atom is 0.397 e. The third-order valence-corrected chi connectivity index (χ3v) is 4.66. The molecule has 2 heterocycles. The maximum absolute atomic E-state index is 11.3. The summed E-state index contributed by atoms with van der Waals surface area (Å²) in [5, 5.41) is 58.1. The fourth-order valence-electron chi connectivity index (χ4n) is 2.72. The number of hydrogen-bond donors (Lipinski definition) is 8. The number of carboxylic acid groups (broad SMARTS) is 1. The lowest BCUT2D eigenvalue weighted by atomic mass is 9.96. The highest BCUT2D eigenvalue weighted by molar-refractivity contribution is 7.80. The minimum atomic E-state index is -4.91. The third kappa shape index (κ3) is 5.12. The van der Waals surface area contributed by atoms with Crippen molar-refractivity contribution < 1.29 is 66.8 Å². The molecule has 0 bridgehead atoms. The standard InChI is InChI=1S/C12H21NO14S/c13-3-5(15)4(14)2(1-24-28(21,22)23)25-12(3)27-8-6(16)7(17)11(20)26-9(8)10(18)19/h2-9,11-12,14-17,20H,1,13H2,(H,18,19)(H,21,22,23)/t2?,3?,4-,5-,6-,7?,8+,9?,11-,12-/m1/s1. The summed E-state index contributed by atoms with van der Waals surface area (Å²) >= 11 is 0. The van der Waals surface area contributed by atoms with E-state index < -0.39 is 84.3 Å². The molecular formula is C12H21NO14S. The van der Waals surface area contributed by atoms with Gasteiger partial charge in [-0.3, -0.25) is 4.55 Å². The molecule has 10 atom stereocenters. The number of carboxylic acids is 1. The van der Waals surface area contributed by atoms with Crippen LogP contribution in [0.3, 0.4) is 0 Å². The summed E-state index contributed by atoms with van der Waals surface area (Å²) in [6, 6.07) is -1.51. The van der Waals surface area contributed by atoms with Crippen LogP contribution in [0.5, 0.6) is 0 Å². The minimum Gasteiger partial charge on any atom is -0.479 e. The molecule has 0 amide bonds. The van der Waals surface area contributed by atoms with Gasteiger partial charge in [0.25, 0.3) is 0 Å². The number of aliphatic carboxylic acids is 1. The van der Waals surface area contributed by atoms with Crippen molar-refractivity contribution in [2.45, 2.75) is 61.3 Å². The molecule has 15 nitrogen and oxygen atoms in total. The van der Waals surface area contributed by atoms with Crippen molar-refractivity contribution in [3.8, 4) is 0 Å². The van der Waals surface area contributed by atoms with Gasteiger partial charge in [-0.25, -0.2) is 8.98 Å². The van der Waals surface area contributed by atoms with E-state index in [-0.39, 0.29) is 0 Å². The van der Waals surface area contributed by atoms with Crippen molar-refractivity contribution in [1.29, 1.82) is 0 Å². The zero-order chi connectivity index (χ0) is 21.4. The first-order valence-corrected chi connectivity index (χ1v) is 9.17. The summed E-state index contributed by atoms with van der Waals surface area (Å²) in [7, 11) is -4.91. The van der Waals surface area contributed by atoms with E-state index in [0.717, 1.165) is 0 Å². The van der Waals surface area contributed by atoms with Crippen molar-refractivity contribution in [3.05, 3.63) is 0 Å². The van der Waals surface area contributed by atoms with E-state index in [4.69, 9.17) is 24.9 Å². The van der Waals surface area contributed by atoms with Crippen molar-refractivity contribution in [3.63, 3.8) is 0 Å². The molecular weight excluding hydrogens is 414 g/mol. The van der Waals surface area contributed by atoms with Crippen molar-refractivity contribution in [2.75, 3.05) is 6.61 Å². The summed E-state index contributed by atoms with van der Waals surface area (Å²) in [6.45, 7) is -0.961. The average molecular weight is 435 g/mol. The first kappa shape index (κ1) is 23.3. The van der Waals surface area contributed by atoms with Crippen LogP contribution in [0.1, 0.15) is 0 Å². The second kappa shape index (κ2) is 8.78. The van der Waals surface area contributed by atoms with E-state index in [1.807, 2.05) is 0 Å². The van der Waals surface area contributed by atoms with Gasteiger partial charge in [0, 0.05) is 0 Å². The predicted molar refractivity (Wildman–Crippen MR) is 81.6 cm³/mol. The van der Waals surface area contributed by atoms with Gasteiger partial charge in [0.05, 0.1) is 12.6 Å². The molecule has 0 radical (unpaired) electrons. The van der Waals surface area contributed by atoms with Crippen molar-refractivity contribution in [1.82, 2.24) is 0 Å². The van der Waals surface area contributed by atoms with Gasteiger partial charge in [0.1, 0.15) is 36.6 Å². The molecule has 4 unspecified atom stereocenters. The fraction of sp³-hybridized carbons (Fsp3) is 0.917. The normalized spacial score (nSPS) is 45.0. The number of hydrogen-bond acceptors (Lipinski definition) is 13. The zero-order valence-electron chi connectivity index (χ0n) is 14.0. The highest BCUT2D eigenvalue weighted by atomic mass is 32.3. The molecule has 164 valence electrons. The van der Waals surface area contributed by atoms with E-state index in [1.165, 1.54) is 0 Å². The zero-order valence-corrected chi connectivity index (χ0v) is 14.8. The molecule has 9 N–H and O–H groups in total. The van der Waals surface area contributed by atoms with Gasteiger partial charge in [0.2, 0.25) is 0 Å². The first-order chi connectivity index (χ1) is 12.8. The monoisotopic (exact) mass is 435 g/mol. The Hall–Kier alpha value is -1.02. The van der Waals surface area contributed by atoms with Crippen LogP contribution in [0.4, 0.5) is 0 Å². The summed E-state index contributed by atoms with van der Waals surface area (Å²) in [4.78, 5) is 11.3.